The average molecular weight is 227 g/mol. The first kappa shape index (κ1) is 13.1. The maximum atomic E-state index is 5.32. The minimum atomic E-state index is -0.0354. The molecule has 1 rings (SSSR count). The number of hydrogen-bond acceptors (Lipinski definition) is 5. The standard InChI is InChI=1S/C11H21N3O2/c1-4-6-9(15-3)11-13-10(16-14-11)7-5-8-12-2/h9,12H,4-8H2,1-3H3. The van der Waals surface area contributed by atoms with Crippen molar-refractivity contribution in [3.63, 3.8) is 0 Å². The molecule has 0 fully saturated rings. The lowest BCUT2D eigenvalue weighted by atomic mass is 10.2. The van der Waals surface area contributed by atoms with E-state index in [0.717, 1.165) is 32.2 Å². The summed E-state index contributed by atoms with van der Waals surface area (Å²) in [6.07, 6.45) is 3.75. The summed E-state index contributed by atoms with van der Waals surface area (Å²) in [5, 5.41) is 7.04. The van der Waals surface area contributed by atoms with Crippen LogP contribution in [0.25, 0.3) is 0 Å². The Morgan fingerprint density at radius 2 is 2.31 bits per heavy atom. The second-order valence-corrected chi connectivity index (χ2v) is 3.77. The van der Waals surface area contributed by atoms with Gasteiger partial charge in [0, 0.05) is 13.5 Å². The Morgan fingerprint density at radius 3 is 2.94 bits per heavy atom. The van der Waals surface area contributed by atoms with Gasteiger partial charge in [0.1, 0.15) is 6.10 Å². The molecule has 0 amide bonds. The van der Waals surface area contributed by atoms with Crippen LogP contribution in [0.1, 0.15) is 44.0 Å². The molecule has 0 saturated carbocycles. The maximum Gasteiger partial charge on any atom is 0.226 e. The zero-order chi connectivity index (χ0) is 11.8. The van der Waals surface area contributed by atoms with E-state index in [4.69, 9.17) is 9.26 Å². The lowest BCUT2D eigenvalue weighted by Gasteiger charge is -2.08. The van der Waals surface area contributed by atoms with Gasteiger partial charge in [-0.05, 0) is 26.4 Å². The highest BCUT2D eigenvalue weighted by atomic mass is 16.5. The van der Waals surface area contributed by atoms with Gasteiger partial charge in [0.05, 0.1) is 0 Å². The number of hydrogen-bond donors (Lipinski definition) is 1. The van der Waals surface area contributed by atoms with Crippen LogP contribution in [0.4, 0.5) is 0 Å². The minimum Gasteiger partial charge on any atom is -0.373 e. The van der Waals surface area contributed by atoms with Crippen LogP contribution >= 0.6 is 0 Å². The first-order valence-electron chi connectivity index (χ1n) is 5.81. The molecule has 0 aromatic carbocycles. The highest BCUT2D eigenvalue weighted by molar-refractivity contribution is 4.91. The zero-order valence-corrected chi connectivity index (χ0v) is 10.3. The van der Waals surface area contributed by atoms with Gasteiger partial charge in [-0.15, -0.1) is 0 Å². The van der Waals surface area contributed by atoms with Crippen molar-refractivity contribution in [1.82, 2.24) is 15.5 Å². The van der Waals surface area contributed by atoms with Crippen LogP contribution in [-0.2, 0) is 11.2 Å². The van der Waals surface area contributed by atoms with E-state index in [-0.39, 0.29) is 6.10 Å². The fourth-order valence-corrected chi connectivity index (χ4v) is 1.53. The normalized spacial score (nSPS) is 12.9. The number of methoxy groups -OCH3 is 1. The van der Waals surface area contributed by atoms with Crippen molar-refractivity contribution in [1.29, 1.82) is 0 Å². The first-order chi connectivity index (χ1) is 7.81. The molecule has 0 aliphatic heterocycles. The third-order valence-corrected chi connectivity index (χ3v) is 2.42. The smallest absolute Gasteiger partial charge is 0.226 e. The molecule has 1 unspecified atom stereocenters. The van der Waals surface area contributed by atoms with Crippen molar-refractivity contribution in [2.75, 3.05) is 20.7 Å². The maximum absolute atomic E-state index is 5.32. The van der Waals surface area contributed by atoms with E-state index in [0.29, 0.717) is 11.7 Å². The summed E-state index contributed by atoms with van der Waals surface area (Å²) in [5.74, 6) is 1.37. The van der Waals surface area contributed by atoms with Gasteiger partial charge >= 0.3 is 0 Å². The highest BCUT2D eigenvalue weighted by Gasteiger charge is 2.16. The first-order valence-corrected chi connectivity index (χ1v) is 5.81. The van der Waals surface area contributed by atoms with Crippen molar-refractivity contribution in [3.8, 4) is 0 Å². The Bertz CT molecular complexity index is 289. The fourth-order valence-electron chi connectivity index (χ4n) is 1.53. The Morgan fingerprint density at radius 1 is 1.50 bits per heavy atom. The molecule has 1 N–H and O–H groups in total. The topological polar surface area (TPSA) is 60.2 Å². The summed E-state index contributed by atoms with van der Waals surface area (Å²) in [4.78, 5) is 4.34. The van der Waals surface area contributed by atoms with Gasteiger partial charge in [-0.3, -0.25) is 0 Å². The number of rotatable bonds is 8. The molecule has 5 heteroatoms. The lowest BCUT2D eigenvalue weighted by molar-refractivity contribution is 0.0854. The van der Waals surface area contributed by atoms with Gasteiger partial charge < -0.3 is 14.6 Å². The SMILES string of the molecule is CCCC(OC)c1noc(CCCNC)n1. The fraction of sp³-hybridized carbons (Fsp3) is 0.818. The van der Waals surface area contributed by atoms with E-state index in [1.165, 1.54) is 0 Å². The zero-order valence-electron chi connectivity index (χ0n) is 10.3. The second kappa shape index (κ2) is 7.35. The van der Waals surface area contributed by atoms with Gasteiger partial charge in [0.25, 0.3) is 0 Å². The van der Waals surface area contributed by atoms with Gasteiger partial charge in [0.2, 0.25) is 11.7 Å². The van der Waals surface area contributed by atoms with Crippen molar-refractivity contribution in [2.24, 2.45) is 0 Å². The van der Waals surface area contributed by atoms with E-state index in [1.54, 1.807) is 7.11 Å². The molecule has 0 saturated heterocycles. The molecule has 0 bridgehead atoms. The van der Waals surface area contributed by atoms with Gasteiger partial charge in [-0.2, -0.15) is 4.98 Å². The van der Waals surface area contributed by atoms with Gasteiger partial charge in [-0.25, -0.2) is 0 Å². The lowest BCUT2D eigenvalue weighted by Crippen LogP contribution is -2.08. The summed E-state index contributed by atoms with van der Waals surface area (Å²) < 4.78 is 10.5. The largest absolute Gasteiger partial charge is 0.373 e. The van der Waals surface area contributed by atoms with Crippen LogP contribution in [-0.4, -0.2) is 30.8 Å². The predicted molar refractivity (Wildman–Crippen MR) is 61.2 cm³/mol. The van der Waals surface area contributed by atoms with E-state index >= 15 is 0 Å². The third-order valence-electron chi connectivity index (χ3n) is 2.42. The molecular weight excluding hydrogens is 206 g/mol. The second-order valence-electron chi connectivity index (χ2n) is 3.77. The summed E-state index contributed by atoms with van der Waals surface area (Å²) >= 11 is 0. The Labute approximate surface area is 96.6 Å². The average Bonchev–Trinajstić information content (AvgIpc) is 2.75. The summed E-state index contributed by atoms with van der Waals surface area (Å²) in [6.45, 7) is 3.07. The number of aryl methyl sites for hydroxylation is 1. The molecule has 0 spiro atoms. The Hall–Kier alpha value is -0.940. The van der Waals surface area contributed by atoms with Crippen molar-refractivity contribution >= 4 is 0 Å². The number of ether oxygens (including phenoxy) is 1. The van der Waals surface area contributed by atoms with Crippen molar-refractivity contribution in [3.05, 3.63) is 11.7 Å². The van der Waals surface area contributed by atoms with Crippen LogP contribution in [0.2, 0.25) is 0 Å². The quantitative estimate of drug-likeness (QED) is 0.685. The van der Waals surface area contributed by atoms with Gasteiger partial charge in [-0.1, -0.05) is 18.5 Å². The molecule has 0 aliphatic rings. The van der Waals surface area contributed by atoms with Crippen LogP contribution < -0.4 is 5.32 Å². The minimum absolute atomic E-state index is 0.0354. The predicted octanol–water partition coefficient (Wildman–Crippen LogP) is 1.71. The van der Waals surface area contributed by atoms with Crippen LogP contribution in [0, 0.1) is 0 Å². The molecular formula is C11H21N3O2. The molecule has 5 nitrogen and oxygen atoms in total. The molecule has 0 aliphatic carbocycles. The molecule has 0 radical (unpaired) electrons. The van der Waals surface area contributed by atoms with Crippen LogP contribution in [0.3, 0.4) is 0 Å². The molecule has 16 heavy (non-hydrogen) atoms. The molecule has 1 heterocycles. The highest BCUT2D eigenvalue weighted by Crippen LogP contribution is 2.19. The van der Waals surface area contributed by atoms with E-state index in [1.807, 2.05) is 7.05 Å². The summed E-state index contributed by atoms with van der Waals surface area (Å²) in [6, 6.07) is 0. The summed E-state index contributed by atoms with van der Waals surface area (Å²) in [5.41, 5.74) is 0. The monoisotopic (exact) mass is 227 g/mol. The number of aromatic nitrogens is 2. The van der Waals surface area contributed by atoms with Crippen LogP contribution in [0.5, 0.6) is 0 Å². The van der Waals surface area contributed by atoms with Crippen LogP contribution in [0.15, 0.2) is 4.52 Å². The van der Waals surface area contributed by atoms with E-state index in [2.05, 4.69) is 22.4 Å². The third kappa shape index (κ3) is 3.90. The molecule has 92 valence electrons. The Balaban J connectivity index is 2.48. The van der Waals surface area contributed by atoms with Crippen molar-refractivity contribution < 1.29 is 9.26 Å². The molecule has 1 aromatic rings. The van der Waals surface area contributed by atoms with E-state index < -0.39 is 0 Å². The van der Waals surface area contributed by atoms with E-state index in [9.17, 15) is 0 Å². The Kier molecular flexibility index (Phi) is 6.03. The number of nitrogens with one attached hydrogen (secondary N) is 1. The van der Waals surface area contributed by atoms with Gasteiger partial charge in [0.15, 0.2) is 0 Å². The summed E-state index contributed by atoms with van der Waals surface area (Å²) in [7, 11) is 3.61. The van der Waals surface area contributed by atoms with Crippen molar-refractivity contribution in [2.45, 2.75) is 38.7 Å². The molecule has 1 atom stereocenters. The number of nitrogens with zero attached hydrogens (tertiary/aromatic N) is 2. The molecule has 1 aromatic heterocycles.